The molecular formula is C26H38N2O6S. The van der Waals surface area contributed by atoms with Gasteiger partial charge in [-0.3, -0.25) is 0 Å². The van der Waals surface area contributed by atoms with Crippen LogP contribution in [-0.4, -0.2) is 59.0 Å². The summed E-state index contributed by atoms with van der Waals surface area (Å²) in [7, 11) is 1.32. The Morgan fingerprint density at radius 3 is 2.00 bits per heavy atom. The zero-order chi connectivity index (χ0) is 26.3. The van der Waals surface area contributed by atoms with E-state index in [2.05, 4.69) is 0 Å². The summed E-state index contributed by atoms with van der Waals surface area (Å²) >= 11 is 1.61. The van der Waals surface area contributed by atoms with Crippen molar-refractivity contribution in [3.05, 3.63) is 22.2 Å². The van der Waals surface area contributed by atoms with Crippen molar-refractivity contribution in [3.8, 4) is 0 Å². The third-order valence-electron chi connectivity index (χ3n) is 5.78. The topological polar surface area (TPSA) is 87.1 Å². The van der Waals surface area contributed by atoms with Gasteiger partial charge < -0.3 is 19.1 Å². The number of hydrogen-bond acceptors (Lipinski definition) is 7. The standard InChI is InChI=1S/C26H38N2O6S/c1-15(2)19-20(22(29)32-9)28(24(31)34-26(6,7)8)17-14-18(35-21(17)19)16-10-12-27(13-11-16)23(30)33-25(3,4)5/h14-16H,10-13H2,1-9H3. The molecule has 3 rings (SSSR count). The van der Waals surface area contributed by atoms with Crippen LogP contribution in [0.3, 0.4) is 0 Å². The molecule has 0 saturated carbocycles. The molecule has 1 aliphatic rings. The van der Waals surface area contributed by atoms with Crippen LogP contribution in [0, 0.1) is 0 Å². The van der Waals surface area contributed by atoms with Crippen molar-refractivity contribution in [1.29, 1.82) is 0 Å². The van der Waals surface area contributed by atoms with Gasteiger partial charge in [0.05, 0.1) is 17.3 Å². The quantitative estimate of drug-likeness (QED) is 0.348. The van der Waals surface area contributed by atoms with Gasteiger partial charge in [0.1, 0.15) is 16.9 Å². The second-order valence-corrected chi connectivity index (χ2v) is 12.4. The number of carbonyl (C=O) groups excluding carboxylic acids is 3. The van der Waals surface area contributed by atoms with Crippen LogP contribution in [0.2, 0.25) is 0 Å². The number of likely N-dealkylation sites (tertiary alicyclic amines) is 1. The summed E-state index contributed by atoms with van der Waals surface area (Å²) < 4.78 is 18.5. The molecule has 0 radical (unpaired) electrons. The molecule has 9 heteroatoms. The maximum absolute atomic E-state index is 13.2. The van der Waals surface area contributed by atoms with E-state index in [1.165, 1.54) is 11.7 Å². The highest BCUT2D eigenvalue weighted by Crippen LogP contribution is 2.43. The van der Waals surface area contributed by atoms with Crippen LogP contribution in [0.4, 0.5) is 9.59 Å². The molecule has 2 aromatic rings. The molecule has 194 valence electrons. The molecule has 0 bridgehead atoms. The minimum atomic E-state index is -0.716. The lowest BCUT2D eigenvalue weighted by Gasteiger charge is -2.33. The molecule has 1 amide bonds. The second-order valence-electron chi connectivity index (χ2n) is 11.3. The van der Waals surface area contributed by atoms with Gasteiger partial charge in [0.25, 0.3) is 0 Å². The van der Waals surface area contributed by atoms with Gasteiger partial charge in [0.15, 0.2) is 0 Å². The first kappa shape index (κ1) is 27.0. The van der Waals surface area contributed by atoms with Crippen LogP contribution in [0.5, 0.6) is 0 Å². The van der Waals surface area contributed by atoms with Crippen LogP contribution in [0.25, 0.3) is 10.2 Å². The van der Waals surface area contributed by atoms with Gasteiger partial charge in [0.2, 0.25) is 0 Å². The Morgan fingerprint density at radius 2 is 1.51 bits per heavy atom. The summed E-state index contributed by atoms with van der Waals surface area (Å²) in [6.07, 6.45) is 0.720. The Hall–Kier alpha value is -2.55. The van der Waals surface area contributed by atoms with E-state index in [0.29, 0.717) is 18.6 Å². The fraction of sp³-hybridized carbons (Fsp3) is 0.654. The number of aromatic nitrogens is 1. The van der Waals surface area contributed by atoms with Crippen molar-refractivity contribution < 1.29 is 28.6 Å². The first-order valence-corrected chi connectivity index (χ1v) is 12.9. The summed E-state index contributed by atoms with van der Waals surface area (Å²) in [6, 6.07) is 2.00. The highest BCUT2D eigenvalue weighted by Gasteiger charge is 2.34. The third-order valence-corrected chi connectivity index (χ3v) is 7.10. The molecule has 8 nitrogen and oxygen atoms in total. The molecule has 0 spiro atoms. The van der Waals surface area contributed by atoms with Crippen molar-refractivity contribution in [1.82, 2.24) is 9.47 Å². The lowest BCUT2D eigenvalue weighted by Crippen LogP contribution is -2.41. The van der Waals surface area contributed by atoms with Gasteiger partial charge in [-0.1, -0.05) is 13.8 Å². The highest BCUT2D eigenvalue weighted by atomic mass is 32.1. The summed E-state index contributed by atoms with van der Waals surface area (Å²) in [5, 5.41) is 0. The molecule has 0 unspecified atom stereocenters. The number of ether oxygens (including phenoxy) is 3. The van der Waals surface area contributed by atoms with Crippen molar-refractivity contribution in [2.75, 3.05) is 20.2 Å². The number of rotatable bonds is 3. The van der Waals surface area contributed by atoms with E-state index in [1.54, 1.807) is 37.0 Å². The number of fused-ring (bicyclic) bond motifs is 1. The monoisotopic (exact) mass is 506 g/mol. The van der Waals surface area contributed by atoms with E-state index in [1.807, 2.05) is 40.7 Å². The molecule has 1 saturated heterocycles. The summed E-state index contributed by atoms with van der Waals surface area (Å²) in [5.41, 5.74) is 0.444. The van der Waals surface area contributed by atoms with E-state index in [9.17, 15) is 14.4 Å². The molecule has 0 aromatic carbocycles. The fourth-order valence-electron chi connectivity index (χ4n) is 4.31. The molecule has 0 N–H and O–H groups in total. The van der Waals surface area contributed by atoms with Gasteiger partial charge >= 0.3 is 18.2 Å². The lowest BCUT2D eigenvalue weighted by atomic mass is 9.95. The molecule has 1 fully saturated rings. The van der Waals surface area contributed by atoms with E-state index >= 15 is 0 Å². The largest absolute Gasteiger partial charge is 0.464 e. The molecule has 3 heterocycles. The van der Waals surface area contributed by atoms with E-state index < -0.39 is 23.3 Å². The number of thiophene rings is 1. The average Bonchev–Trinajstić information content (AvgIpc) is 3.27. The van der Waals surface area contributed by atoms with E-state index in [0.717, 1.165) is 28.0 Å². The smallest absolute Gasteiger partial charge is 0.419 e. The third kappa shape index (κ3) is 6.00. The van der Waals surface area contributed by atoms with Crippen LogP contribution in [0.1, 0.15) is 101 Å². The molecular weight excluding hydrogens is 468 g/mol. The molecule has 1 aliphatic heterocycles. The predicted octanol–water partition coefficient (Wildman–Crippen LogP) is 6.51. The SMILES string of the molecule is COC(=O)c1c(C(C)C)c2sc(C3CCN(C(=O)OC(C)(C)C)CC3)cc2n1C(=O)OC(C)(C)C. The summed E-state index contributed by atoms with van der Waals surface area (Å²) in [4.78, 5) is 41.4. The van der Waals surface area contributed by atoms with Crippen molar-refractivity contribution in [3.63, 3.8) is 0 Å². The maximum Gasteiger partial charge on any atom is 0.419 e. The van der Waals surface area contributed by atoms with Crippen molar-refractivity contribution >= 4 is 39.7 Å². The Labute approximate surface area is 211 Å². The summed E-state index contributed by atoms with van der Waals surface area (Å²) in [5.74, 6) is -0.314. The van der Waals surface area contributed by atoms with Crippen LogP contribution in [-0.2, 0) is 14.2 Å². The highest BCUT2D eigenvalue weighted by molar-refractivity contribution is 7.19. The van der Waals surface area contributed by atoms with Gasteiger partial charge in [-0.05, 0) is 72.3 Å². The molecule has 0 aliphatic carbocycles. The number of esters is 1. The Bertz CT molecular complexity index is 1110. The Balaban J connectivity index is 1.97. The minimum Gasteiger partial charge on any atom is -0.464 e. The van der Waals surface area contributed by atoms with Crippen LogP contribution >= 0.6 is 11.3 Å². The predicted molar refractivity (Wildman–Crippen MR) is 137 cm³/mol. The van der Waals surface area contributed by atoms with E-state index in [-0.39, 0.29) is 23.6 Å². The second kappa shape index (κ2) is 9.84. The zero-order valence-electron chi connectivity index (χ0n) is 22.3. The molecule has 35 heavy (non-hydrogen) atoms. The summed E-state index contributed by atoms with van der Waals surface area (Å²) in [6.45, 7) is 16.2. The van der Waals surface area contributed by atoms with Gasteiger partial charge in [-0.25, -0.2) is 19.0 Å². The zero-order valence-corrected chi connectivity index (χ0v) is 23.1. The first-order valence-electron chi connectivity index (χ1n) is 12.1. The number of methoxy groups -OCH3 is 1. The Kier molecular flexibility index (Phi) is 7.60. The van der Waals surface area contributed by atoms with Crippen molar-refractivity contribution in [2.24, 2.45) is 0 Å². The number of amides is 1. The number of carbonyl (C=O) groups is 3. The Morgan fingerprint density at radius 1 is 0.971 bits per heavy atom. The van der Waals surface area contributed by atoms with Gasteiger partial charge in [0, 0.05) is 23.5 Å². The van der Waals surface area contributed by atoms with E-state index in [4.69, 9.17) is 14.2 Å². The molecule has 0 atom stereocenters. The minimum absolute atomic E-state index is 0.00389. The van der Waals surface area contributed by atoms with Crippen LogP contribution in [0.15, 0.2) is 6.07 Å². The first-order chi connectivity index (χ1) is 16.1. The number of hydrogen-bond donors (Lipinski definition) is 0. The average molecular weight is 507 g/mol. The van der Waals surface area contributed by atoms with Gasteiger partial charge in [-0.2, -0.15) is 0 Å². The van der Waals surface area contributed by atoms with Gasteiger partial charge in [-0.15, -0.1) is 11.3 Å². The maximum atomic E-state index is 13.2. The number of nitrogens with zero attached hydrogens (tertiary/aromatic N) is 2. The normalized spacial score (nSPS) is 15.5. The fourth-order valence-corrected chi connectivity index (χ4v) is 5.82. The lowest BCUT2D eigenvalue weighted by molar-refractivity contribution is 0.0205. The van der Waals surface area contributed by atoms with Crippen molar-refractivity contribution in [2.45, 2.75) is 91.3 Å². The number of piperidine rings is 1. The van der Waals surface area contributed by atoms with Crippen LogP contribution < -0.4 is 0 Å². The molecule has 2 aromatic heterocycles.